The Morgan fingerprint density at radius 3 is 2.10 bits per heavy atom. The molecule has 0 aromatic carbocycles. The summed E-state index contributed by atoms with van der Waals surface area (Å²) in [6.07, 6.45) is 8.45. The first kappa shape index (κ1) is 16.8. The van der Waals surface area contributed by atoms with Crippen LogP contribution in [0.1, 0.15) is 58.8 Å². The van der Waals surface area contributed by atoms with Crippen LogP contribution in [-0.2, 0) is 4.79 Å². The highest BCUT2D eigenvalue weighted by Crippen LogP contribution is 2.16. The van der Waals surface area contributed by atoms with Gasteiger partial charge in [-0.25, -0.2) is 4.79 Å². The second-order valence-electron chi connectivity index (χ2n) is 5.89. The van der Waals surface area contributed by atoms with Gasteiger partial charge in [0.15, 0.2) is 0 Å². The Labute approximate surface area is 122 Å². The lowest BCUT2D eigenvalue weighted by molar-refractivity contribution is -0.123. The van der Waals surface area contributed by atoms with Crippen molar-refractivity contribution in [2.45, 2.75) is 64.8 Å². The van der Waals surface area contributed by atoms with Crippen molar-refractivity contribution >= 4 is 11.9 Å². The summed E-state index contributed by atoms with van der Waals surface area (Å²) in [5, 5.41) is 8.61. The topological polar surface area (TPSA) is 70.2 Å². The Morgan fingerprint density at radius 2 is 1.50 bits per heavy atom. The third-order valence-electron chi connectivity index (χ3n) is 3.67. The molecule has 20 heavy (non-hydrogen) atoms. The Kier molecular flexibility index (Phi) is 8.07. The average molecular weight is 283 g/mol. The lowest BCUT2D eigenvalue weighted by Gasteiger charge is -2.21. The summed E-state index contributed by atoms with van der Waals surface area (Å²) in [5.74, 6) is 0.00553. The van der Waals surface area contributed by atoms with Crippen LogP contribution in [0.3, 0.4) is 0 Å². The molecule has 0 heterocycles. The van der Waals surface area contributed by atoms with Crippen LogP contribution in [0.4, 0.5) is 4.79 Å². The van der Waals surface area contributed by atoms with Crippen LogP contribution in [0.2, 0.25) is 0 Å². The quantitative estimate of drug-likeness (QED) is 0.677. The molecule has 0 aromatic rings. The summed E-state index contributed by atoms with van der Waals surface area (Å²) in [6, 6.07) is 0.190. The summed E-state index contributed by atoms with van der Waals surface area (Å²) in [6.45, 7) is 4.65. The fourth-order valence-electron chi connectivity index (χ4n) is 2.40. The molecule has 0 atom stereocenters. The number of hydrogen-bond donors (Lipinski definition) is 3. The monoisotopic (exact) mass is 283 g/mol. The van der Waals surface area contributed by atoms with Crippen molar-refractivity contribution in [1.82, 2.24) is 16.0 Å². The number of urea groups is 1. The Bertz CT molecular complexity index is 297. The number of amides is 3. The molecule has 0 spiro atoms. The van der Waals surface area contributed by atoms with Crippen molar-refractivity contribution in [3.05, 3.63) is 0 Å². The van der Waals surface area contributed by atoms with Crippen molar-refractivity contribution in [3.63, 3.8) is 0 Å². The SMILES string of the molecule is CC(C)C(=O)NCCNC(=O)NC1CCCCCCC1. The van der Waals surface area contributed by atoms with E-state index in [9.17, 15) is 9.59 Å². The minimum absolute atomic E-state index is 0.0150. The van der Waals surface area contributed by atoms with Crippen molar-refractivity contribution in [3.8, 4) is 0 Å². The van der Waals surface area contributed by atoms with E-state index in [1.54, 1.807) is 0 Å². The van der Waals surface area contributed by atoms with E-state index >= 15 is 0 Å². The zero-order valence-corrected chi connectivity index (χ0v) is 12.8. The standard InChI is InChI=1S/C15H29N3O2/c1-12(2)14(19)16-10-11-17-15(20)18-13-8-6-4-3-5-7-9-13/h12-13H,3-11H2,1-2H3,(H,16,19)(H2,17,18,20). The highest BCUT2D eigenvalue weighted by atomic mass is 16.2. The maximum Gasteiger partial charge on any atom is 0.315 e. The van der Waals surface area contributed by atoms with E-state index in [0.717, 1.165) is 12.8 Å². The molecule has 116 valence electrons. The third kappa shape index (κ3) is 7.36. The largest absolute Gasteiger partial charge is 0.354 e. The van der Waals surface area contributed by atoms with Crippen molar-refractivity contribution in [2.75, 3.05) is 13.1 Å². The summed E-state index contributed by atoms with van der Waals surface area (Å²) >= 11 is 0. The molecule has 0 bridgehead atoms. The van der Waals surface area contributed by atoms with Crippen LogP contribution < -0.4 is 16.0 Å². The van der Waals surface area contributed by atoms with Gasteiger partial charge in [-0.15, -0.1) is 0 Å². The van der Waals surface area contributed by atoms with E-state index in [1.165, 1.54) is 32.1 Å². The number of nitrogens with one attached hydrogen (secondary N) is 3. The zero-order chi connectivity index (χ0) is 14.8. The molecule has 1 aliphatic carbocycles. The van der Waals surface area contributed by atoms with Gasteiger partial charge in [0.05, 0.1) is 0 Å². The molecular formula is C15H29N3O2. The molecule has 1 aliphatic rings. The van der Waals surface area contributed by atoms with Gasteiger partial charge < -0.3 is 16.0 Å². The van der Waals surface area contributed by atoms with Crippen LogP contribution in [-0.4, -0.2) is 31.1 Å². The predicted molar refractivity (Wildman–Crippen MR) is 80.5 cm³/mol. The summed E-state index contributed by atoms with van der Waals surface area (Å²) in [5.41, 5.74) is 0. The number of carbonyl (C=O) groups is 2. The Morgan fingerprint density at radius 1 is 0.950 bits per heavy atom. The van der Waals surface area contributed by atoms with Gasteiger partial charge in [-0.3, -0.25) is 4.79 Å². The lowest BCUT2D eigenvalue weighted by atomic mass is 9.97. The molecule has 0 saturated heterocycles. The van der Waals surface area contributed by atoms with Gasteiger partial charge in [0.2, 0.25) is 5.91 Å². The summed E-state index contributed by atoms with van der Waals surface area (Å²) in [4.78, 5) is 23.1. The van der Waals surface area contributed by atoms with Gasteiger partial charge in [-0.05, 0) is 12.8 Å². The minimum Gasteiger partial charge on any atom is -0.354 e. The zero-order valence-electron chi connectivity index (χ0n) is 12.8. The Hall–Kier alpha value is -1.26. The van der Waals surface area contributed by atoms with Crippen molar-refractivity contribution in [1.29, 1.82) is 0 Å². The molecule has 1 fully saturated rings. The maximum atomic E-state index is 11.8. The van der Waals surface area contributed by atoms with Crippen LogP contribution in [0.5, 0.6) is 0 Å². The summed E-state index contributed by atoms with van der Waals surface area (Å²) in [7, 11) is 0. The van der Waals surface area contributed by atoms with Gasteiger partial charge in [0.25, 0.3) is 0 Å². The fraction of sp³-hybridized carbons (Fsp3) is 0.867. The first-order valence-electron chi connectivity index (χ1n) is 7.91. The van der Waals surface area contributed by atoms with Crippen molar-refractivity contribution < 1.29 is 9.59 Å². The predicted octanol–water partition coefficient (Wildman–Crippen LogP) is 2.17. The maximum absolute atomic E-state index is 11.8. The van der Waals surface area contributed by atoms with Gasteiger partial charge in [0, 0.05) is 25.0 Å². The van der Waals surface area contributed by atoms with Crippen LogP contribution in [0.25, 0.3) is 0 Å². The fourth-order valence-corrected chi connectivity index (χ4v) is 2.40. The van der Waals surface area contributed by atoms with Crippen molar-refractivity contribution in [2.24, 2.45) is 5.92 Å². The van der Waals surface area contributed by atoms with Crippen LogP contribution in [0.15, 0.2) is 0 Å². The molecular weight excluding hydrogens is 254 g/mol. The molecule has 5 heteroatoms. The van der Waals surface area contributed by atoms with E-state index < -0.39 is 0 Å². The lowest BCUT2D eigenvalue weighted by Crippen LogP contribution is -2.45. The third-order valence-corrected chi connectivity index (χ3v) is 3.67. The molecule has 0 aromatic heterocycles. The number of rotatable bonds is 5. The van der Waals surface area contributed by atoms with E-state index in [1.807, 2.05) is 13.8 Å². The Balaban J connectivity index is 2.11. The van der Waals surface area contributed by atoms with E-state index in [0.29, 0.717) is 19.1 Å². The molecule has 0 radical (unpaired) electrons. The smallest absolute Gasteiger partial charge is 0.315 e. The molecule has 1 rings (SSSR count). The first-order chi connectivity index (χ1) is 9.59. The van der Waals surface area contributed by atoms with E-state index in [-0.39, 0.29) is 17.9 Å². The summed E-state index contributed by atoms with van der Waals surface area (Å²) < 4.78 is 0. The molecule has 0 aliphatic heterocycles. The molecule has 1 saturated carbocycles. The first-order valence-corrected chi connectivity index (χ1v) is 7.91. The van der Waals surface area contributed by atoms with Gasteiger partial charge in [-0.2, -0.15) is 0 Å². The minimum atomic E-state index is -0.116. The van der Waals surface area contributed by atoms with Crippen LogP contribution in [0, 0.1) is 5.92 Å². The highest BCUT2D eigenvalue weighted by Gasteiger charge is 2.13. The molecule has 0 unspecified atom stereocenters. The molecule has 5 nitrogen and oxygen atoms in total. The highest BCUT2D eigenvalue weighted by molar-refractivity contribution is 5.78. The van der Waals surface area contributed by atoms with Crippen LogP contribution >= 0.6 is 0 Å². The molecule has 3 N–H and O–H groups in total. The van der Waals surface area contributed by atoms with Gasteiger partial charge in [-0.1, -0.05) is 46.0 Å². The van der Waals surface area contributed by atoms with E-state index in [2.05, 4.69) is 16.0 Å². The van der Waals surface area contributed by atoms with Gasteiger partial charge in [0.1, 0.15) is 0 Å². The van der Waals surface area contributed by atoms with E-state index in [4.69, 9.17) is 0 Å². The van der Waals surface area contributed by atoms with Gasteiger partial charge >= 0.3 is 6.03 Å². The number of carbonyl (C=O) groups excluding carboxylic acids is 2. The second kappa shape index (κ2) is 9.61. The second-order valence-corrected chi connectivity index (χ2v) is 5.89. The normalized spacial score (nSPS) is 17.1. The average Bonchev–Trinajstić information content (AvgIpc) is 2.37. The molecule has 3 amide bonds. The number of hydrogen-bond acceptors (Lipinski definition) is 2.